The van der Waals surface area contributed by atoms with Crippen LogP contribution in [-0.4, -0.2) is 22.6 Å². The molecule has 136 valence electrons. The van der Waals surface area contributed by atoms with Gasteiger partial charge in [-0.05, 0) is 34.6 Å². The van der Waals surface area contributed by atoms with E-state index in [1.54, 1.807) is 4.90 Å². The van der Waals surface area contributed by atoms with Gasteiger partial charge in [-0.3, -0.25) is 0 Å². The molecule has 0 aliphatic carbocycles. The Balaban J connectivity index is 1.85. The number of para-hydroxylation sites is 1. The number of hydrogen-bond donors (Lipinski definition) is 2. The first-order chi connectivity index (χ1) is 12.4. The van der Waals surface area contributed by atoms with Crippen LogP contribution in [0.1, 0.15) is 56.0 Å². The lowest BCUT2D eigenvalue weighted by atomic mass is 9.75. The van der Waals surface area contributed by atoms with Crippen LogP contribution in [0.15, 0.2) is 48.5 Å². The first-order valence-electron chi connectivity index (χ1n) is 9.32. The highest BCUT2D eigenvalue weighted by molar-refractivity contribution is 5.69. The van der Waals surface area contributed by atoms with Gasteiger partial charge in [0.15, 0.2) is 0 Å². The maximum atomic E-state index is 11.8. The zero-order valence-electron chi connectivity index (χ0n) is 15.6. The first-order valence-corrected chi connectivity index (χ1v) is 9.32. The summed E-state index contributed by atoms with van der Waals surface area (Å²) in [6.45, 7) is 7.30. The quantitative estimate of drug-likeness (QED) is 0.744. The monoisotopic (exact) mass is 350 g/mol. The summed E-state index contributed by atoms with van der Waals surface area (Å²) in [5.41, 5.74) is 4.80. The molecule has 0 radical (unpaired) electrons. The summed E-state index contributed by atoms with van der Waals surface area (Å²) in [5, 5.41) is 13.5. The average Bonchev–Trinajstić information content (AvgIpc) is 3.06. The van der Waals surface area contributed by atoms with E-state index in [0.717, 1.165) is 17.7 Å². The van der Waals surface area contributed by atoms with Crippen LogP contribution in [0.3, 0.4) is 0 Å². The Morgan fingerprint density at radius 1 is 1.08 bits per heavy atom. The Morgan fingerprint density at radius 3 is 2.42 bits per heavy atom. The molecule has 3 atom stereocenters. The van der Waals surface area contributed by atoms with Gasteiger partial charge in [-0.15, -0.1) is 0 Å². The zero-order valence-corrected chi connectivity index (χ0v) is 15.6. The molecule has 1 amide bonds. The number of rotatable bonds is 1. The largest absolute Gasteiger partial charge is 0.465 e. The van der Waals surface area contributed by atoms with Crippen LogP contribution in [0.4, 0.5) is 10.5 Å². The van der Waals surface area contributed by atoms with Crippen LogP contribution < -0.4 is 5.32 Å². The molecule has 2 heterocycles. The standard InChI is InChI=1S/C22H26N2O2/c1-22(2,3)17-10-6-4-8-14(17)19-16-12-13-24(21(25)26)20(16)15-9-5-7-11-18(15)23-19/h4-11,16,19-20,23H,12-13H2,1-3H3,(H,25,26)/t16-,19-,20+/m1/s1. The molecule has 0 unspecified atom stereocenters. The van der Waals surface area contributed by atoms with E-state index in [2.05, 4.69) is 62.5 Å². The van der Waals surface area contributed by atoms with E-state index in [1.165, 1.54) is 11.1 Å². The summed E-state index contributed by atoms with van der Waals surface area (Å²) in [6.07, 6.45) is 0.0543. The molecular formula is C22H26N2O2. The number of amides is 1. The SMILES string of the molecule is CC(C)(C)c1ccccc1[C@H]1Nc2ccccc2[C@H]2[C@@H]1CCN2C(=O)O. The predicted octanol–water partition coefficient (Wildman–Crippen LogP) is 5.19. The molecule has 0 bridgehead atoms. The molecule has 4 nitrogen and oxygen atoms in total. The molecule has 0 aromatic heterocycles. The molecule has 2 N–H and O–H groups in total. The number of hydrogen-bond acceptors (Lipinski definition) is 2. The van der Waals surface area contributed by atoms with E-state index in [9.17, 15) is 9.90 Å². The third-order valence-electron chi connectivity index (χ3n) is 5.81. The van der Waals surface area contributed by atoms with E-state index >= 15 is 0 Å². The lowest BCUT2D eigenvalue weighted by Crippen LogP contribution is -2.37. The van der Waals surface area contributed by atoms with Crippen molar-refractivity contribution >= 4 is 11.8 Å². The molecule has 4 heteroatoms. The third kappa shape index (κ3) is 2.64. The Hall–Kier alpha value is -2.49. The Bertz CT molecular complexity index is 840. The number of likely N-dealkylation sites (tertiary alicyclic amines) is 1. The summed E-state index contributed by atoms with van der Waals surface area (Å²) < 4.78 is 0. The second-order valence-corrected chi connectivity index (χ2v) is 8.42. The fourth-order valence-electron chi connectivity index (χ4n) is 4.70. The topological polar surface area (TPSA) is 52.6 Å². The van der Waals surface area contributed by atoms with Gasteiger partial charge in [0.25, 0.3) is 0 Å². The Kier molecular flexibility index (Phi) is 3.94. The van der Waals surface area contributed by atoms with Crippen molar-refractivity contribution < 1.29 is 9.90 Å². The zero-order chi connectivity index (χ0) is 18.5. The van der Waals surface area contributed by atoms with E-state index in [-0.39, 0.29) is 23.4 Å². The molecule has 26 heavy (non-hydrogen) atoms. The minimum absolute atomic E-state index is 0.0375. The molecule has 1 fully saturated rings. The van der Waals surface area contributed by atoms with Gasteiger partial charge in [-0.25, -0.2) is 4.79 Å². The van der Waals surface area contributed by atoms with Gasteiger partial charge < -0.3 is 15.3 Å². The van der Waals surface area contributed by atoms with E-state index in [1.807, 2.05) is 12.1 Å². The molecule has 0 spiro atoms. The maximum Gasteiger partial charge on any atom is 0.407 e. The van der Waals surface area contributed by atoms with Gasteiger partial charge in [0.2, 0.25) is 0 Å². The van der Waals surface area contributed by atoms with Gasteiger partial charge in [0.1, 0.15) is 0 Å². The summed E-state index contributed by atoms with van der Waals surface area (Å²) in [5.74, 6) is 0.240. The van der Waals surface area contributed by atoms with Crippen molar-refractivity contribution in [3.05, 3.63) is 65.2 Å². The number of nitrogens with one attached hydrogen (secondary N) is 1. The van der Waals surface area contributed by atoms with Crippen molar-refractivity contribution in [2.45, 2.75) is 44.7 Å². The minimum atomic E-state index is -0.822. The van der Waals surface area contributed by atoms with Crippen LogP contribution in [-0.2, 0) is 5.41 Å². The first kappa shape index (κ1) is 17.0. The van der Waals surface area contributed by atoms with Crippen LogP contribution in [0, 0.1) is 5.92 Å². The third-order valence-corrected chi connectivity index (χ3v) is 5.81. The van der Waals surface area contributed by atoms with E-state index in [0.29, 0.717) is 6.54 Å². The van der Waals surface area contributed by atoms with Crippen molar-refractivity contribution in [1.29, 1.82) is 0 Å². The molecule has 2 aromatic carbocycles. The van der Waals surface area contributed by atoms with Crippen molar-refractivity contribution in [3.63, 3.8) is 0 Å². The van der Waals surface area contributed by atoms with Crippen LogP contribution in [0.5, 0.6) is 0 Å². The maximum absolute atomic E-state index is 11.8. The van der Waals surface area contributed by atoms with Gasteiger partial charge in [0.05, 0.1) is 12.1 Å². The van der Waals surface area contributed by atoms with Gasteiger partial charge in [-0.2, -0.15) is 0 Å². The lowest BCUT2D eigenvalue weighted by molar-refractivity contribution is 0.132. The molecule has 4 rings (SSSR count). The number of anilines is 1. The van der Waals surface area contributed by atoms with Gasteiger partial charge in [0, 0.05) is 18.2 Å². The summed E-state index contributed by atoms with van der Waals surface area (Å²) in [4.78, 5) is 13.5. The van der Waals surface area contributed by atoms with Gasteiger partial charge in [-0.1, -0.05) is 63.2 Å². The Morgan fingerprint density at radius 2 is 1.73 bits per heavy atom. The highest BCUT2D eigenvalue weighted by Crippen LogP contribution is 2.52. The van der Waals surface area contributed by atoms with Crippen LogP contribution in [0.2, 0.25) is 0 Å². The number of benzene rings is 2. The van der Waals surface area contributed by atoms with Crippen LogP contribution >= 0.6 is 0 Å². The normalized spacial score (nSPS) is 24.6. The smallest absolute Gasteiger partial charge is 0.407 e. The molecule has 2 aliphatic rings. The van der Waals surface area contributed by atoms with Gasteiger partial charge >= 0.3 is 6.09 Å². The van der Waals surface area contributed by atoms with Crippen molar-refractivity contribution in [2.75, 3.05) is 11.9 Å². The minimum Gasteiger partial charge on any atom is -0.465 e. The second kappa shape index (κ2) is 6.04. The summed E-state index contributed by atoms with van der Waals surface area (Å²) in [7, 11) is 0. The molecular weight excluding hydrogens is 324 g/mol. The summed E-state index contributed by atoms with van der Waals surface area (Å²) in [6, 6.07) is 16.8. The number of fused-ring (bicyclic) bond motifs is 3. The van der Waals surface area contributed by atoms with Crippen LogP contribution in [0.25, 0.3) is 0 Å². The summed E-state index contributed by atoms with van der Waals surface area (Å²) >= 11 is 0. The fraction of sp³-hybridized carbons (Fsp3) is 0.409. The molecule has 2 aromatic rings. The number of carbonyl (C=O) groups is 1. The average molecular weight is 350 g/mol. The number of carboxylic acid groups (broad SMARTS) is 1. The van der Waals surface area contributed by atoms with E-state index in [4.69, 9.17) is 0 Å². The highest BCUT2D eigenvalue weighted by Gasteiger charge is 2.47. The van der Waals surface area contributed by atoms with Crippen molar-refractivity contribution in [1.82, 2.24) is 4.90 Å². The lowest BCUT2D eigenvalue weighted by Gasteiger charge is -2.41. The van der Waals surface area contributed by atoms with E-state index < -0.39 is 6.09 Å². The second-order valence-electron chi connectivity index (χ2n) is 8.42. The molecule has 0 saturated carbocycles. The highest BCUT2D eigenvalue weighted by atomic mass is 16.4. The molecule has 2 aliphatic heterocycles. The number of nitrogens with zero attached hydrogens (tertiary/aromatic N) is 1. The Labute approximate surface area is 154 Å². The van der Waals surface area contributed by atoms with Crippen molar-refractivity contribution in [2.24, 2.45) is 5.92 Å². The predicted molar refractivity (Wildman–Crippen MR) is 104 cm³/mol. The molecule has 1 saturated heterocycles. The van der Waals surface area contributed by atoms with Crippen molar-refractivity contribution in [3.8, 4) is 0 Å². The fourth-order valence-corrected chi connectivity index (χ4v) is 4.70.